The summed E-state index contributed by atoms with van der Waals surface area (Å²) in [5.41, 5.74) is 4.87. The number of likely N-dealkylation sites (tertiary alicyclic amines) is 1. The Balaban J connectivity index is 1.56. The van der Waals surface area contributed by atoms with E-state index < -0.39 is 0 Å². The number of allylic oxidation sites excluding steroid dienone is 3. The lowest BCUT2D eigenvalue weighted by molar-refractivity contribution is -0.137. The minimum atomic E-state index is 0.437. The van der Waals surface area contributed by atoms with Crippen molar-refractivity contribution in [1.29, 1.82) is 0 Å². The third-order valence-corrected chi connectivity index (χ3v) is 11.4. The highest BCUT2D eigenvalue weighted by molar-refractivity contribution is 5.30. The molecule has 8 atom stereocenters. The number of rotatable bonds is 3. The fourth-order valence-electron chi connectivity index (χ4n) is 9.99. The Bertz CT molecular complexity index is 776. The van der Waals surface area contributed by atoms with Crippen LogP contribution < -0.4 is 0 Å². The van der Waals surface area contributed by atoms with E-state index in [2.05, 4.69) is 70.8 Å². The molecule has 0 N–H and O–H groups in total. The molecular weight excluding hydrogens is 376 g/mol. The number of fused-ring (bicyclic) bond motifs is 4. The molecule has 0 bridgehead atoms. The van der Waals surface area contributed by atoms with Crippen LogP contribution in [0.25, 0.3) is 0 Å². The van der Waals surface area contributed by atoms with Crippen molar-refractivity contribution in [1.82, 2.24) is 9.80 Å². The molecule has 1 aliphatic heterocycles. The van der Waals surface area contributed by atoms with Crippen molar-refractivity contribution in [2.24, 2.45) is 39.9 Å². The molecule has 3 saturated carbocycles. The summed E-state index contributed by atoms with van der Waals surface area (Å²) in [6.07, 6.45) is 16.6. The second-order valence-corrected chi connectivity index (χ2v) is 13.4. The van der Waals surface area contributed by atoms with Crippen LogP contribution in [0.3, 0.4) is 0 Å². The molecule has 0 aromatic rings. The molecule has 1 saturated heterocycles. The second-order valence-electron chi connectivity index (χ2n) is 13.4. The van der Waals surface area contributed by atoms with E-state index in [-0.39, 0.29) is 0 Å². The smallest absolute Gasteiger partial charge is 0.0127 e. The average Bonchev–Trinajstić information content (AvgIpc) is 3.20. The minimum absolute atomic E-state index is 0.437. The predicted octanol–water partition coefficient (Wildman–Crippen LogP) is 6.39. The van der Waals surface area contributed by atoms with Gasteiger partial charge in [-0.15, -0.1) is 0 Å². The molecule has 2 heteroatoms. The van der Waals surface area contributed by atoms with Gasteiger partial charge >= 0.3 is 0 Å². The van der Waals surface area contributed by atoms with Crippen LogP contribution in [0.5, 0.6) is 0 Å². The van der Waals surface area contributed by atoms with Crippen molar-refractivity contribution in [2.45, 2.75) is 85.1 Å². The summed E-state index contributed by atoms with van der Waals surface area (Å²) >= 11 is 0. The number of hydrogen-bond donors (Lipinski definition) is 0. The van der Waals surface area contributed by atoms with Crippen LogP contribution in [0.1, 0.15) is 79.1 Å². The average molecular weight is 425 g/mol. The zero-order valence-corrected chi connectivity index (χ0v) is 21.5. The van der Waals surface area contributed by atoms with Gasteiger partial charge in [-0.2, -0.15) is 0 Å². The lowest BCUT2D eigenvalue weighted by atomic mass is 9.39. The molecule has 8 unspecified atom stereocenters. The van der Waals surface area contributed by atoms with Gasteiger partial charge in [-0.1, -0.05) is 37.1 Å². The van der Waals surface area contributed by atoms with E-state index in [1.807, 2.05) is 5.57 Å². The molecule has 0 aromatic heterocycles. The van der Waals surface area contributed by atoms with Crippen LogP contribution in [-0.4, -0.2) is 50.1 Å². The largest absolute Gasteiger partial charge is 0.306 e. The second kappa shape index (κ2) is 7.45. The van der Waals surface area contributed by atoms with E-state index in [0.717, 1.165) is 29.7 Å². The van der Waals surface area contributed by atoms with Crippen molar-refractivity contribution in [2.75, 3.05) is 34.2 Å². The highest BCUT2D eigenvalue weighted by Gasteiger charge is 2.69. The molecular formula is C29H48N2. The Morgan fingerprint density at radius 1 is 1.16 bits per heavy atom. The van der Waals surface area contributed by atoms with Crippen molar-refractivity contribution >= 4 is 0 Å². The molecule has 0 amide bonds. The maximum Gasteiger partial charge on any atom is 0.0127 e. The van der Waals surface area contributed by atoms with Crippen LogP contribution >= 0.6 is 0 Å². The maximum atomic E-state index is 2.77. The number of nitrogens with zero attached hydrogens (tertiary/aromatic N) is 2. The monoisotopic (exact) mass is 424 g/mol. The van der Waals surface area contributed by atoms with Crippen molar-refractivity contribution in [3.05, 3.63) is 23.3 Å². The zero-order valence-electron chi connectivity index (χ0n) is 21.5. The van der Waals surface area contributed by atoms with Gasteiger partial charge in [0.05, 0.1) is 0 Å². The van der Waals surface area contributed by atoms with Gasteiger partial charge in [0.1, 0.15) is 0 Å². The molecule has 1 spiro atoms. The van der Waals surface area contributed by atoms with Crippen molar-refractivity contribution in [3.8, 4) is 0 Å². The Hall–Kier alpha value is -0.600. The lowest BCUT2D eigenvalue weighted by Gasteiger charge is -2.65. The third-order valence-electron chi connectivity index (χ3n) is 11.4. The molecule has 4 fully saturated rings. The Morgan fingerprint density at radius 2 is 1.94 bits per heavy atom. The fraction of sp³-hybridized carbons (Fsp3) is 0.862. The molecule has 0 radical (unpaired) electrons. The quantitative estimate of drug-likeness (QED) is 0.484. The van der Waals surface area contributed by atoms with E-state index in [0.29, 0.717) is 16.2 Å². The van der Waals surface area contributed by atoms with Gasteiger partial charge in [0.25, 0.3) is 0 Å². The molecule has 1 heterocycles. The van der Waals surface area contributed by atoms with Gasteiger partial charge in [-0.05, 0) is 126 Å². The molecule has 0 aromatic carbocycles. The summed E-state index contributed by atoms with van der Waals surface area (Å²) in [4.78, 5) is 5.18. The van der Waals surface area contributed by atoms with Gasteiger partial charge in [0, 0.05) is 19.1 Å². The topological polar surface area (TPSA) is 6.48 Å². The van der Waals surface area contributed by atoms with Crippen LogP contribution in [0.2, 0.25) is 0 Å². The zero-order chi connectivity index (χ0) is 22.2. The van der Waals surface area contributed by atoms with Gasteiger partial charge in [-0.25, -0.2) is 0 Å². The Morgan fingerprint density at radius 3 is 2.65 bits per heavy atom. The normalized spacial score (nSPS) is 49.2. The first kappa shape index (κ1) is 22.2. The van der Waals surface area contributed by atoms with Crippen LogP contribution in [0, 0.1) is 39.9 Å². The van der Waals surface area contributed by atoms with E-state index in [4.69, 9.17) is 0 Å². The summed E-state index contributed by atoms with van der Waals surface area (Å²) in [7, 11) is 6.98. The van der Waals surface area contributed by atoms with Crippen LogP contribution in [0.4, 0.5) is 0 Å². The van der Waals surface area contributed by atoms with E-state index >= 15 is 0 Å². The Kier molecular flexibility index (Phi) is 5.34. The third kappa shape index (κ3) is 3.10. The van der Waals surface area contributed by atoms with Gasteiger partial charge in [0.2, 0.25) is 0 Å². The Labute approximate surface area is 192 Å². The molecule has 5 rings (SSSR count). The molecule has 5 aliphatic rings. The molecule has 4 aliphatic carbocycles. The summed E-state index contributed by atoms with van der Waals surface area (Å²) in [6, 6.07) is 0.749. The SMILES string of the molecule is CC(C)=CCC1CC2C3(C)CCC(N(C)C)CC3=CCC2(C)C2CCC3CN(C)CC132. The highest BCUT2D eigenvalue weighted by Crippen LogP contribution is 2.74. The number of hydrogen-bond acceptors (Lipinski definition) is 2. The van der Waals surface area contributed by atoms with Crippen LogP contribution in [-0.2, 0) is 0 Å². The highest BCUT2D eigenvalue weighted by atomic mass is 15.2. The van der Waals surface area contributed by atoms with Crippen LogP contribution in [0.15, 0.2) is 23.3 Å². The first-order valence-electron chi connectivity index (χ1n) is 13.3. The predicted molar refractivity (Wildman–Crippen MR) is 132 cm³/mol. The summed E-state index contributed by atoms with van der Waals surface area (Å²) in [5, 5.41) is 0. The van der Waals surface area contributed by atoms with Crippen molar-refractivity contribution < 1.29 is 0 Å². The minimum Gasteiger partial charge on any atom is -0.306 e. The standard InChI is InChI=1S/C29H48N2/c1-20(2)8-9-22-17-26-27(3)15-13-24(30(5)6)16-21(27)12-14-28(26,4)25-11-10-23-18-31(7)19-29(22,23)25/h8,12,22-26H,9-11,13-19H2,1-7H3. The first-order chi connectivity index (χ1) is 14.6. The first-order valence-corrected chi connectivity index (χ1v) is 13.3. The molecule has 174 valence electrons. The van der Waals surface area contributed by atoms with E-state index in [9.17, 15) is 0 Å². The molecule has 2 nitrogen and oxygen atoms in total. The van der Waals surface area contributed by atoms with E-state index in [1.54, 1.807) is 0 Å². The molecule has 31 heavy (non-hydrogen) atoms. The lowest BCUT2D eigenvalue weighted by Crippen LogP contribution is -2.60. The van der Waals surface area contributed by atoms with Gasteiger partial charge < -0.3 is 9.80 Å². The van der Waals surface area contributed by atoms with Gasteiger partial charge in [-0.3, -0.25) is 0 Å². The fourth-order valence-corrected chi connectivity index (χ4v) is 9.99. The van der Waals surface area contributed by atoms with Gasteiger partial charge in [0.15, 0.2) is 0 Å². The summed E-state index contributed by atoms with van der Waals surface area (Å²) in [5.74, 6) is 3.62. The summed E-state index contributed by atoms with van der Waals surface area (Å²) in [6.45, 7) is 12.8. The maximum absolute atomic E-state index is 2.77. The van der Waals surface area contributed by atoms with Crippen molar-refractivity contribution in [3.63, 3.8) is 0 Å². The van der Waals surface area contributed by atoms with E-state index in [1.165, 1.54) is 70.0 Å². The summed E-state index contributed by atoms with van der Waals surface area (Å²) < 4.78 is 0.